The van der Waals surface area contributed by atoms with Crippen LogP contribution in [0, 0.1) is 5.92 Å². The molecule has 1 aliphatic rings. The number of aromatic nitrogens is 1. The fourth-order valence-electron chi connectivity index (χ4n) is 2.61. The Morgan fingerprint density at radius 3 is 3.19 bits per heavy atom. The lowest BCUT2D eigenvalue weighted by Crippen LogP contribution is -2.35. The van der Waals surface area contributed by atoms with E-state index in [-0.39, 0.29) is 0 Å². The molecular formula is C13H22N2S. The highest BCUT2D eigenvalue weighted by molar-refractivity contribution is 7.07. The zero-order valence-corrected chi connectivity index (χ0v) is 10.9. The van der Waals surface area contributed by atoms with Gasteiger partial charge >= 0.3 is 0 Å². The van der Waals surface area contributed by atoms with Gasteiger partial charge in [0.1, 0.15) is 0 Å². The van der Waals surface area contributed by atoms with Crippen LogP contribution in [0.3, 0.4) is 0 Å². The highest BCUT2D eigenvalue weighted by Gasteiger charge is 2.19. The topological polar surface area (TPSA) is 24.9 Å². The predicted molar refractivity (Wildman–Crippen MR) is 69.9 cm³/mol. The zero-order chi connectivity index (χ0) is 11.2. The third kappa shape index (κ3) is 3.56. The van der Waals surface area contributed by atoms with Gasteiger partial charge in [0.25, 0.3) is 0 Å². The van der Waals surface area contributed by atoms with Gasteiger partial charge in [-0.25, -0.2) is 4.98 Å². The Bertz CT molecular complexity index is 284. The molecule has 0 spiro atoms. The van der Waals surface area contributed by atoms with Gasteiger partial charge in [0.15, 0.2) is 0 Å². The molecule has 2 atom stereocenters. The lowest BCUT2D eigenvalue weighted by atomic mass is 9.84. The predicted octanol–water partition coefficient (Wildman–Crippen LogP) is 3.24. The molecule has 0 aliphatic heterocycles. The SMILES string of the molecule is CCC1CCCC(NCCc2cscn2)C1. The van der Waals surface area contributed by atoms with Crippen molar-refractivity contribution >= 4 is 11.3 Å². The molecule has 16 heavy (non-hydrogen) atoms. The van der Waals surface area contributed by atoms with Gasteiger partial charge in [-0.1, -0.05) is 26.2 Å². The summed E-state index contributed by atoms with van der Waals surface area (Å²) in [6, 6.07) is 0.761. The van der Waals surface area contributed by atoms with Crippen molar-refractivity contribution in [1.82, 2.24) is 10.3 Å². The van der Waals surface area contributed by atoms with Crippen LogP contribution in [-0.4, -0.2) is 17.6 Å². The first kappa shape index (κ1) is 12.1. The number of rotatable bonds is 5. The van der Waals surface area contributed by atoms with Gasteiger partial charge in [0.05, 0.1) is 11.2 Å². The Hall–Kier alpha value is -0.410. The number of hydrogen-bond donors (Lipinski definition) is 1. The van der Waals surface area contributed by atoms with Gasteiger partial charge in [0.2, 0.25) is 0 Å². The molecule has 1 aromatic rings. The highest BCUT2D eigenvalue weighted by Crippen LogP contribution is 2.26. The van der Waals surface area contributed by atoms with Crippen molar-refractivity contribution in [2.24, 2.45) is 5.92 Å². The molecule has 1 aromatic heterocycles. The molecule has 0 aromatic carbocycles. The fourth-order valence-corrected chi connectivity index (χ4v) is 3.21. The number of nitrogens with zero attached hydrogens (tertiary/aromatic N) is 1. The van der Waals surface area contributed by atoms with E-state index in [9.17, 15) is 0 Å². The van der Waals surface area contributed by atoms with E-state index in [0.717, 1.165) is 24.9 Å². The van der Waals surface area contributed by atoms with Gasteiger partial charge in [0, 0.05) is 24.4 Å². The molecule has 1 N–H and O–H groups in total. The van der Waals surface area contributed by atoms with E-state index in [4.69, 9.17) is 0 Å². The van der Waals surface area contributed by atoms with Crippen molar-refractivity contribution in [1.29, 1.82) is 0 Å². The van der Waals surface area contributed by atoms with Crippen molar-refractivity contribution < 1.29 is 0 Å². The molecule has 0 bridgehead atoms. The minimum Gasteiger partial charge on any atom is -0.314 e. The molecule has 1 fully saturated rings. The van der Waals surface area contributed by atoms with Gasteiger partial charge in [-0.3, -0.25) is 0 Å². The Morgan fingerprint density at radius 1 is 1.50 bits per heavy atom. The number of thiazole rings is 1. The van der Waals surface area contributed by atoms with Gasteiger partial charge in [-0.15, -0.1) is 11.3 Å². The summed E-state index contributed by atoms with van der Waals surface area (Å²) in [6.45, 7) is 3.41. The third-order valence-corrected chi connectivity index (χ3v) is 4.29. The molecule has 0 radical (unpaired) electrons. The first-order chi connectivity index (χ1) is 7.88. The summed E-state index contributed by atoms with van der Waals surface area (Å²) in [5.41, 5.74) is 3.16. The summed E-state index contributed by atoms with van der Waals surface area (Å²) in [4.78, 5) is 4.31. The number of nitrogens with one attached hydrogen (secondary N) is 1. The Morgan fingerprint density at radius 2 is 2.44 bits per heavy atom. The molecular weight excluding hydrogens is 216 g/mol. The minimum absolute atomic E-state index is 0.761. The quantitative estimate of drug-likeness (QED) is 0.852. The van der Waals surface area contributed by atoms with E-state index in [2.05, 4.69) is 22.6 Å². The van der Waals surface area contributed by atoms with Crippen LogP contribution in [0.25, 0.3) is 0 Å². The van der Waals surface area contributed by atoms with Crippen LogP contribution in [-0.2, 0) is 6.42 Å². The maximum absolute atomic E-state index is 4.31. The van der Waals surface area contributed by atoms with E-state index >= 15 is 0 Å². The largest absolute Gasteiger partial charge is 0.314 e. The molecule has 1 aliphatic carbocycles. The van der Waals surface area contributed by atoms with Gasteiger partial charge in [-0.05, 0) is 18.8 Å². The molecule has 2 nitrogen and oxygen atoms in total. The lowest BCUT2D eigenvalue weighted by molar-refractivity contribution is 0.280. The minimum atomic E-state index is 0.761. The van der Waals surface area contributed by atoms with Crippen LogP contribution >= 0.6 is 11.3 Å². The molecule has 3 heteroatoms. The van der Waals surface area contributed by atoms with Crippen molar-refractivity contribution in [2.45, 2.75) is 51.5 Å². The van der Waals surface area contributed by atoms with Crippen molar-refractivity contribution in [3.8, 4) is 0 Å². The molecule has 90 valence electrons. The normalized spacial score (nSPS) is 25.8. The summed E-state index contributed by atoms with van der Waals surface area (Å²) < 4.78 is 0. The zero-order valence-electron chi connectivity index (χ0n) is 10.1. The standard InChI is InChI=1S/C13H22N2S/c1-2-11-4-3-5-12(8-11)14-7-6-13-9-16-10-15-13/h9-12,14H,2-8H2,1H3. The molecule has 0 saturated heterocycles. The maximum atomic E-state index is 4.31. The molecule has 1 saturated carbocycles. The fraction of sp³-hybridized carbons (Fsp3) is 0.769. The summed E-state index contributed by atoms with van der Waals surface area (Å²) in [5.74, 6) is 0.963. The summed E-state index contributed by atoms with van der Waals surface area (Å²) in [6.07, 6.45) is 8.04. The summed E-state index contributed by atoms with van der Waals surface area (Å²) in [7, 11) is 0. The first-order valence-electron chi connectivity index (χ1n) is 6.49. The van der Waals surface area contributed by atoms with E-state index < -0.39 is 0 Å². The maximum Gasteiger partial charge on any atom is 0.0794 e. The first-order valence-corrected chi connectivity index (χ1v) is 7.43. The van der Waals surface area contributed by atoms with Crippen LogP contribution in [0.5, 0.6) is 0 Å². The molecule has 1 heterocycles. The monoisotopic (exact) mass is 238 g/mol. The van der Waals surface area contributed by atoms with Crippen LogP contribution in [0.15, 0.2) is 10.9 Å². The van der Waals surface area contributed by atoms with Gasteiger partial charge in [-0.2, -0.15) is 0 Å². The van der Waals surface area contributed by atoms with Crippen LogP contribution < -0.4 is 5.32 Å². The number of hydrogen-bond acceptors (Lipinski definition) is 3. The second-order valence-corrected chi connectivity index (χ2v) is 5.54. The highest BCUT2D eigenvalue weighted by atomic mass is 32.1. The molecule has 2 rings (SSSR count). The molecule has 2 unspecified atom stereocenters. The van der Waals surface area contributed by atoms with Crippen molar-refractivity contribution in [2.75, 3.05) is 6.54 Å². The van der Waals surface area contributed by atoms with E-state index in [0.29, 0.717) is 0 Å². The second kappa shape index (κ2) is 6.36. The summed E-state index contributed by atoms with van der Waals surface area (Å²) >= 11 is 1.69. The van der Waals surface area contributed by atoms with E-state index in [1.165, 1.54) is 37.8 Å². The Kier molecular flexibility index (Phi) is 4.79. The van der Waals surface area contributed by atoms with E-state index in [1.54, 1.807) is 11.3 Å². The van der Waals surface area contributed by atoms with E-state index in [1.807, 2.05) is 5.51 Å². The van der Waals surface area contributed by atoms with Gasteiger partial charge < -0.3 is 5.32 Å². The smallest absolute Gasteiger partial charge is 0.0794 e. The third-order valence-electron chi connectivity index (χ3n) is 3.66. The lowest BCUT2D eigenvalue weighted by Gasteiger charge is -2.29. The van der Waals surface area contributed by atoms with Crippen LogP contribution in [0.4, 0.5) is 0 Å². The Labute approximate surface area is 102 Å². The average molecular weight is 238 g/mol. The average Bonchev–Trinajstić information content (AvgIpc) is 2.82. The van der Waals surface area contributed by atoms with Crippen molar-refractivity contribution in [3.05, 3.63) is 16.6 Å². The van der Waals surface area contributed by atoms with Crippen LogP contribution in [0.1, 0.15) is 44.7 Å². The summed E-state index contributed by atoms with van der Waals surface area (Å²) in [5, 5.41) is 5.84. The second-order valence-electron chi connectivity index (χ2n) is 4.82. The van der Waals surface area contributed by atoms with Crippen LogP contribution in [0.2, 0.25) is 0 Å². The Balaban J connectivity index is 1.65. The van der Waals surface area contributed by atoms with Crippen molar-refractivity contribution in [3.63, 3.8) is 0 Å². The molecule has 0 amide bonds.